The van der Waals surface area contributed by atoms with Gasteiger partial charge in [0.05, 0.1) is 23.9 Å². The molecule has 1 aliphatic heterocycles. The molecule has 0 aliphatic carbocycles. The van der Waals surface area contributed by atoms with E-state index in [1.54, 1.807) is 0 Å². The monoisotopic (exact) mass is 392 g/mol. The molecule has 0 radical (unpaired) electrons. The van der Waals surface area contributed by atoms with Crippen molar-refractivity contribution < 1.29 is 4.74 Å². The van der Waals surface area contributed by atoms with E-state index in [2.05, 4.69) is 66.2 Å². The van der Waals surface area contributed by atoms with Gasteiger partial charge >= 0.3 is 0 Å². The van der Waals surface area contributed by atoms with E-state index >= 15 is 0 Å². The van der Waals surface area contributed by atoms with Gasteiger partial charge in [-0.25, -0.2) is 4.98 Å². The Balaban J connectivity index is 1.73. The molecule has 0 atom stereocenters. The van der Waals surface area contributed by atoms with E-state index in [0.29, 0.717) is 0 Å². The molecule has 1 saturated heterocycles. The van der Waals surface area contributed by atoms with Crippen LogP contribution in [-0.2, 0) is 23.2 Å². The minimum atomic E-state index is 0.0720. The van der Waals surface area contributed by atoms with Gasteiger partial charge in [0.15, 0.2) is 0 Å². The quantitative estimate of drug-likeness (QED) is 0.603. The lowest BCUT2D eigenvalue weighted by Crippen LogP contribution is -2.38. The van der Waals surface area contributed by atoms with Crippen LogP contribution in [0.1, 0.15) is 48.7 Å². The number of hydrogen-bond acceptors (Lipinski definition) is 3. The molecule has 0 N–H and O–H groups in total. The highest BCUT2D eigenvalue weighted by Gasteiger charge is 2.35. The Morgan fingerprint density at radius 1 is 1.07 bits per heavy atom. The topological polar surface area (TPSA) is 44.9 Å². The fourth-order valence-corrected chi connectivity index (χ4v) is 4.69. The second-order valence-electron chi connectivity index (χ2n) is 8.43. The molecule has 5 heteroatoms. The average molecular weight is 393 g/mol. The highest BCUT2D eigenvalue weighted by molar-refractivity contribution is 5.64. The summed E-state index contributed by atoms with van der Waals surface area (Å²) in [5.41, 5.74) is 7.47. The second kappa shape index (κ2) is 8.15. The van der Waals surface area contributed by atoms with Crippen molar-refractivity contribution in [3.05, 3.63) is 59.3 Å². The first kappa shape index (κ1) is 19.9. The van der Waals surface area contributed by atoms with Crippen LogP contribution >= 0.6 is 0 Å². The number of nitrogens with zero attached hydrogens (tertiary/aromatic N) is 4. The van der Waals surface area contributed by atoms with Gasteiger partial charge in [0.25, 0.3) is 0 Å². The average Bonchev–Trinajstić information content (AvgIpc) is 3.26. The zero-order valence-corrected chi connectivity index (χ0v) is 18.1. The molecule has 5 nitrogen and oxygen atoms in total. The summed E-state index contributed by atoms with van der Waals surface area (Å²) >= 11 is 0. The van der Waals surface area contributed by atoms with Crippen molar-refractivity contribution in [2.24, 2.45) is 0 Å². The lowest BCUT2D eigenvalue weighted by molar-refractivity contribution is 0.0436. The number of benzene rings is 1. The maximum atomic E-state index is 5.73. The molecular formula is C24H32N4O. The molecule has 0 amide bonds. The van der Waals surface area contributed by atoms with Crippen LogP contribution in [0.5, 0.6) is 0 Å². The Morgan fingerprint density at radius 2 is 1.79 bits per heavy atom. The van der Waals surface area contributed by atoms with Gasteiger partial charge in [-0.3, -0.25) is 4.68 Å². The van der Waals surface area contributed by atoms with Crippen LogP contribution < -0.4 is 0 Å². The van der Waals surface area contributed by atoms with Crippen LogP contribution in [0.25, 0.3) is 11.3 Å². The van der Waals surface area contributed by atoms with Gasteiger partial charge in [0.2, 0.25) is 0 Å². The van der Waals surface area contributed by atoms with Crippen LogP contribution in [0, 0.1) is 20.8 Å². The van der Waals surface area contributed by atoms with Gasteiger partial charge in [-0.2, -0.15) is 5.10 Å². The van der Waals surface area contributed by atoms with Gasteiger partial charge in [-0.1, -0.05) is 36.8 Å². The fraction of sp³-hybridized carbons (Fsp3) is 0.500. The number of aryl methyl sites for hydroxylation is 3. The lowest BCUT2D eigenvalue weighted by atomic mass is 9.73. The van der Waals surface area contributed by atoms with E-state index in [0.717, 1.165) is 51.3 Å². The molecule has 2 aromatic heterocycles. The Bertz CT molecular complexity index is 961. The zero-order chi connectivity index (χ0) is 20.4. The maximum Gasteiger partial charge on any atom is 0.0951 e. The van der Waals surface area contributed by atoms with Crippen molar-refractivity contribution in [1.82, 2.24) is 19.3 Å². The zero-order valence-electron chi connectivity index (χ0n) is 18.1. The smallest absolute Gasteiger partial charge is 0.0951 e. The standard InChI is InChI=1S/C24H32N4O/c1-5-12-28-20(4)23(19(3)26-28)22-15-25-17-27(22)16-24(10-13-29-14-11-24)21-8-6-18(2)7-9-21/h6-9,15,17H,5,10-14,16H2,1-4H3. The van der Waals surface area contributed by atoms with Crippen molar-refractivity contribution in [1.29, 1.82) is 0 Å². The Labute approximate surface area is 173 Å². The molecule has 1 fully saturated rings. The second-order valence-corrected chi connectivity index (χ2v) is 8.43. The first-order chi connectivity index (χ1) is 14.0. The first-order valence-corrected chi connectivity index (χ1v) is 10.7. The first-order valence-electron chi connectivity index (χ1n) is 10.7. The van der Waals surface area contributed by atoms with Crippen molar-refractivity contribution in [2.75, 3.05) is 13.2 Å². The molecule has 3 heterocycles. The van der Waals surface area contributed by atoms with E-state index in [1.165, 1.54) is 28.1 Å². The summed E-state index contributed by atoms with van der Waals surface area (Å²) in [5, 5.41) is 4.78. The predicted octanol–water partition coefficient (Wildman–Crippen LogP) is 4.83. The van der Waals surface area contributed by atoms with Crippen LogP contribution in [-0.4, -0.2) is 32.5 Å². The molecule has 1 aliphatic rings. The SMILES string of the molecule is CCCn1nc(C)c(-c2cncn2CC2(c3ccc(C)cc3)CCOCC2)c1C. The number of imidazole rings is 1. The summed E-state index contributed by atoms with van der Waals surface area (Å²) in [7, 11) is 0. The van der Waals surface area contributed by atoms with Crippen LogP contribution in [0.3, 0.4) is 0 Å². The van der Waals surface area contributed by atoms with Gasteiger partial charge in [0, 0.05) is 43.0 Å². The number of ether oxygens (including phenoxy) is 1. The minimum absolute atomic E-state index is 0.0720. The molecule has 3 aromatic rings. The number of rotatable bonds is 6. The molecule has 1 aromatic carbocycles. The summed E-state index contributed by atoms with van der Waals surface area (Å²) in [6.07, 6.45) is 7.12. The Morgan fingerprint density at radius 3 is 2.48 bits per heavy atom. The van der Waals surface area contributed by atoms with Gasteiger partial charge in [-0.05, 0) is 45.6 Å². The largest absolute Gasteiger partial charge is 0.381 e. The van der Waals surface area contributed by atoms with Crippen molar-refractivity contribution >= 4 is 0 Å². The van der Waals surface area contributed by atoms with E-state index in [4.69, 9.17) is 9.84 Å². The third kappa shape index (κ3) is 3.76. The highest BCUT2D eigenvalue weighted by atomic mass is 16.5. The lowest BCUT2D eigenvalue weighted by Gasteiger charge is -2.38. The third-order valence-corrected chi connectivity index (χ3v) is 6.37. The summed E-state index contributed by atoms with van der Waals surface area (Å²) in [5.74, 6) is 0. The third-order valence-electron chi connectivity index (χ3n) is 6.37. The highest BCUT2D eigenvalue weighted by Crippen LogP contribution is 2.38. The molecule has 4 rings (SSSR count). The number of aromatic nitrogens is 4. The normalized spacial score (nSPS) is 16.3. The van der Waals surface area contributed by atoms with Crippen LogP contribution in [0.2, 0.25) is 0 Å². The summed E-state index contributed by atoms with van der Waals surface area (Å²) < 4.78 is 10.2. The van der Waals surface area contributed by atoms with Gasteiger partial charge < -0.3 is 9.30 Å². The van der Waals surface area contributed by atoms with E-state index in [-0.39, 0.29) is 5.41 Å². The summed E-state index contributed by atoms with van der Waals surface area (Å²) in [4.78, 5) is 4.54. The van der Waals surface area contributed by atoms with Gasteiger partial charge in [0.1, 0.15) is 0 Å². The predicted molar refractivity (Wildman–Crippen MR) is 116 cm³/mol. The Kier molecular flexibility index (Phi) is 5.59. The number of hydrogen-bond donors (Lipinski definition) is 0. The van der Waals surface area contributed by atoms with Gasteiger partial charge in [-0.15, -0.1) is 0 Å². The Hall–Kier alpha value is -2.40. The molecule has 154 valence electrons. The minimum Gasteiger partial charge on any atom is -0.381 e. The molecule has 0 bridgehead atoms. The van der Waals surface area contributed by atoms with Crippen LogP contribution in [0.4, 0.5) is 0 Å². The van der Waals surface area contributed by atoms with E-state index in [1.807, 2.05) is 12.5 Å². The molecule has 0 unspecified atom stereocenters. The van der Waals surface area contributed by atoms with Crippen molar-refractivity contribution in [3.63, 3.8) is 0 Å². The molecule has 0 saturated carbocycles. The fourth-order valence-electron chi connectivity index (χ4n) is 4.69. The van der Waals surface area contributed by atoms with Crippen molar-refractivity contribution in [3.8, 4) is 11.3 Å². The molecular weight excluding hydrogens is 360 g/mol. The summed E-state index contributed by atoms with van der Waals surface area (Å²) in [6, 6.07) is 9.05. The molecule has 0 spiro atoms. The van der Waals surface area contributed by atoms with Crippen molar-refractivity contribution in [2.45, 2.75) is 65.5 Å². The summed E-state index contributed by atoms with van der Waals surface area (Å²) in [6.45, 7) is 12.1. The molecule has 29 heavy (non-hydrogen) atoms. The van der Waals surface area contributed by atoms with E-state index in [9.17, 15) is 0 Å². The van der Waals surface area contributed by atoms with E-state index < -0.39 is 0 Å². The maximum absolute atomic E-state index is 5.73. The van der Waals surface area contributed by atoms with Crippen LogP contribution in [0.15, 0.2) is 36.8 Å².